The lowest BCUT2D eigenvalue weighted by Gasteiger charge is -2.04. The number of rotatable bonds is 2. The lowest BCUT2D eigenvalue weighted by molar-refractivity contribution is 0.0590. The first-order valence-electron chi connectivity index (χ1n) is 6.17. The van der Waals surface area contributed by atoms with E-state index in [0.29, 0.717) is 16.4 Å². The van der Waals surface area contributed by atoms with Crippen molar-refractivity contribution in [3.05, 3.63) is 46.9 Å². The van der Waals surface area contributed by atoms with Gasteiger partial charge in [-0.1, -0.05) is 23.7 Å². The highest BCUT2D eigenvalue weighted by Gasteiger charge is 2.18. The van der Waals surface area contributed by atoms with Crippen molar-refractivity contribution in [1.82, 2.24) is 19.8 Å². The molecule has 0 aliphatic carbocycles. The van der Waals surface area contributed by atoms with Gasteiger partial charge in [0.1, 0.15) is 0 Å². The largest absolute Gasteiger partial charge is 0.464 e. The molecule has 2 aromatic heterocycles. The quantitative estimate of drug-likeness (QED) is 0.680. The Morgan fingerprint density at radius 3 is 2.62 bits per heavy atom. The number of nitrogens with zero attached hydrogens (tertiary/aromatic N) is 4. The van der Waals surface area contributed by atoms with Crippen LogP contribution in [-0.2, 0) is 4.74 Å². The van der Waals surface area contributed by atoms with Crippen molar-refractivity contribution in [2.24, 2.45) is 0 Å². The number of benzene rings is 1. The first kappa shape index (κ1) is 13.5. The zero-order valence-corrected chi connectivity index (χ0v) is 12.1. The third kappa shape index (κ3) is 2.23. The van der Waals surface area contributed by atoms with Gasteiger partial charge >= 0.3 is 5.97 Å². The van der Waals surface area contributed by atoms with Crippen LogP contribution >= 0.6 is 11.6 Å². The van der Waals surface area contributed by atoms with E-state index in [1.165, 1.54) is 7.11 Å². The van der Waals surface area contributed by atoms with Crippen LogP contribution in [0.25, 0.3) is 16.8 Å². The number of carbonyl (C=O) groups excluding carboxylic acids is 1. The first-order chi connectivity index (χ1) is 10.1. The fourth-order valence-corrected chi connectivity index (χ4v) is 2.20. The molecule has 0 aliphatic heterocycles. The molecule has 0 amide bonds. The molecule has 21 heavy (non-hydrogen) atoms. The maximum atomic E-state index is 11.6. The summed E-state index contributed by atoms with van der Waals surface area (Å²) in [4.78, 5) is 11.6. The third-order valence-corrected chi connectivity index (χ3v) is 3.43. The first-order valence-corrected chi connectivity index (χ1v) is 6.55. The Bertz CT molecular complexity index is 827. The molecule has 3 rings (SSSR count). The van der Waals surface area contributed by atoms with Crippen LogP contribution in [-0.4, -0.2) is 32.9 Å². The lowest BCUT2D eigenvalue weighted by atomic mass is 10.1. The molecule has 7 heteroatoms. The predicted molar refractivity (Wildman–Crippen MR) is 77.3 cm³/mol. The zero-order valence-electron chi connectivity index (χ0n) is 11.4. The average Bonchev–Trinajstić information content (AvgIpc) is 2.92. The molecule has 0 saturated carbocycles. The van der Waals surface area contributed by atoms with Crippen LogP contribution in [0.1, 0.15) is 16.2 Å². The molecular formula is C14H11ClN4O2. The molecular weight excluding hydrogens is 292 g/mol. The van der Waals surface area contributed by atoms with E-state index >= 15 is 0 Å². The topological polar surface area (TPSA) is 69.4 Å². The van der Waals surface area contributed by atoms with E-state index in [4.69, 9.17) is 11.6 Å². The predicted octanol–water partition coefficient (Wildman–Crippen LogP) is 2.54. The minimum Gasteiger partial charge on any atom is -0.464 e. The Balaban J connectivity index is 2.18. The summed E-state index contributed by atoms with van der Waals surface area (Å²) in [6, 6.07) is 7.35. The molecule has 0 aliphatic rings. The molecule has 2 heterocycles. The Hall–Kier alpha value is -2.47. The Labute approximate surface area is 125 Å². The number of hydrogen-bond acceptors (Lipinski definition) is 5. The Kier molecular flexibility index (Phi) is 3.31. The minimum atomic E-state index is -0.537. The monoisotopic (exact) mass is 302 g/mol. The number of aryl methyl sites for hydroxylation is 1. The summed E-state index contributed by atoms with van der Waals surface area (Å²) in [5, 5.41) is 13.0. The van der Waals surface area contributed by atoms with E-state index in [1.54, 1.807) is 29.8 Å². The van der Waals surface area contributed by atoms with Gasteiger partial charge in [-0.25, -0.2) is 9.31 Å². The Morgan fingerprint density at radius 2 is 1.95 bits per heavy atom. The zero-order chi connectivity index (χ0) is 15.0. The molecule has 0 spiro atoms. The number of fused-ring (bicyclic) bond motifs is 1. The Morgan fingerprint density at radius 1 is 1.24 bits per heavy atom. The molecule has 0 unspecified atom stereocenters. The van der Waals surface area contributed by atoms with Gasteiger partial charge < -0.3 is 4.74 Å². The van der Waals surface area contributed by atoms with Crippen molar-refractivity contribution in [2.45, 2.75) is 6.92 Å². The average molecular weight is 303 g/mol. The highest BCUT2D eigenvalue weighted by atomic mass is 35.5. The number of hydrogen-bond donors (Lipinski definition) is 0. The van der Waals surface area contributed by atoms with E-state index in [1.807, 2.05) is 12.1 Å². The summed E-state index contributed by atoms with van der Waals surface area (Å²) in [6.45, 7) is 1.74. The van der Waals surface area contributed by atoms with Gasteiger partial charge in [0.25, 0.3) is 0 Å². The number of methoxy groups -OCH3 is 1. The highest BCUT2D eigenvalue weighted by Crippen LogP contribution is 2.25. The second-order valence-corrected chi connectivity index (χ2v) is 4.86. The number of carbonyl (C=O) groups is 1. The van der Waals surface area contributed by atoms with Gasteiger partial charge in [-0.15, -0.1) is 10.2 Å². The number of esters is 1. The normalized spacial score (nSPS) is 10.8. The summed E-state index contributed by atoms with van der Waals surface area (Å²) in [6.07, 6.45) is 1.68. The van der Waals surface area contributed by atoms with E-state index in [0.717, 1.165) is 11.1 Å². The van der Waals surface area contributed by atoms with Crippen molar-refractivity contribution < 1.29 is 9.53 Å². The highest BCUT2D eigenvalue weighted by molar-refractivity contribution is 6.30. The van der Waals surface area contributed by atoms with Crippen LogP contribution < -0.4 is 0 Å². The van der Waals surface area contributed by atoms with Gasteiger partial charge in [-0.2, -0.15) is 5.10 Å². The van der Waals surface area contributed by atoms with Crippen molar-refractivity contribution in [1.29, 1.82) is 0 Å². The standard InChI is InChI=1S/C14H11ClN4O2/c1-8-12(14(20)21-2)17-18-13-11(7-16-19(8)13)9-3-5-10(15)6-4-9/h3-7H,1-2H3. The second kappa shape index (κ2) is 5.14. The molecule has 0 atom stereocenters. The molecule has 6 nitrogen and oxygen atoms in total. The summed E-state index contributed by atoms with van der Waals surface area (Å²) in [7, 11) is 1.30. The van der Waals surface area contributed by atoms with Gasteiger partial charge in [0.15, 0.2) is 11.3 Å². The fraction of sp³-hybridized carbons (Fsp3) is 0.143. The van der Waals surface area contributed by atoms with E-state index in [-0.39, 0.29) is 5.69 Å². The van der Waals surface area contributed by atoms with E-state index in [9.17, 15) is 4.79 Å². The van der Waals surface area contributed by atoms with Gasteiger partial charge in [0, 0.05) is 10.6 Å². The van der Waals surface area contributed by atoms with Crippen LogP contribution in [0.15, 0.2) is 30.5 Å². The minimum absolute atomic E-state index is 0.149. The summed E-state index contributed by atoms with van der Waals surface area (Å²) >= 11 is 5.89. The van der Waals surface area contributed by atoms with Gasteiger partial charge in [0.05, 0.1) is 19.0 Å². The van der Waals surface area contributed by atoms with Crippen LogP contribution in [0.5, 0.6) is 0 Å². The molecule has 0 saturated heterocycles. The van der Waals surface area contributed by atoms with Crippen molar-refractivity contribution in [2.75, 3.05) is 7.11 Å². The van der Waals surface area contributed by atoms with Crippen molar-refractivity contribution in [3.8, 4) is 11.1 Å². The van der Waals surface area contributed by atoms with Crippen molar-refractivity contribution >= 4 is 23.2 Å². The molecule has 1 aromatic carbocycles. The third-order valence-electron chi connectivity index (χ3n) is 3.18. The van der Waals surface area contributed by atoms with Crippen LogP contribution in [0.2, 0.25) is 5.02 Å². The number of aromatic nitrogens is 4. The van der Waals surface area contributed by atoms with Crippen LogP contribution in [0.4, 0.5) is 0 Å². The summed E-state index contributed by atoms with van der Waals surface area (Å²) < 4.78 is 6.25. The molecule has 0 fully saturated rings. The van der Waals surface area contributed by atoms with Gasteiger partial charge in [0.2, 0.25) is 0 Å². The van der Waals surface area contributed by atoms with Gasteiger partial charge in [-0.3, -0.25) is 0 Å². The SMILES string of the molecule is COC(=O)c1nnc2c(-c3ccc(Cl)cc3)cnn2c1C. The molecule has 0 bridgehead atoms. The number of ether oxygens (including phenoxy) is 1. The van der Waals surface area contributed by atoms with Gasteiger partial charge in [-0.05, 0) is 24.6 Å². The molecule has 0 radical (unpaired) electrons. The number of halogens is 1. The fourth-order valence-electron chi connectivity index (χ4n) is 2.07. The smallest absolute Gasteiger partial charge is 0.360 e. The molecule has 106 valence electrons. The second-order valence-electron chi connectivity index (χ2n) is 4.43. The summed E-state index contributed by atoms with van der Waals surface area (Å²) in [5.41, 5.74) is 3.04. The van der Waals surface area contributed by atoms with Crippen LogP contribution in [0.3, 0.4) is 0 Å². The molecule has 0 N–H and O–H groups in total. The van der Waals surface area contributed by atoms with E-state index in [2.05, 4.69) is 20.0 Å². The summed E-state index contributed by atoms with van der Waals surface area (Å²) in [5.74, 6) is -0.537. The molecule has 3 aromatic rings. The van der Waals surface area contributed by atoms with Crippen molar-refractivity contribution in [3.63, 3.8) is 0 Å². The maximum absolute atomic E-state index is 11.6. The maximum Gasteiger partial charge on any atom is 0.360 e. The van der Waals surface area contributed by atoms with E-state index < -0.39 is 5.97 Å². The van der Waals surface area contributed by atoms with Crippen LogP contribution in [0, 0.1) is 6.92 Å². The lowest BCUT2D eigenvalue weighted by Crippen LogP contribution is -2.12.